The molecule has 0 spiro atoms. The molecule has 1 N–H and O–H groups in total. The maximum atomic E-state index is 13.3. The topological polar surface area (TPSA) is 123 Å². The van der Waals surface area contributed by atoms with E-state index in [1.807, 2.05) is 0 Å². The van der Waals surface area contributed by atoms with Crippen LogP contribution in [0.2, 0.25) is 0 Å². The molecule has 13 heteroatoms. The van der Waals surface area contributed by atoms with E-state index in [4.69, 9.17) is 4.42 Å². The minimum absolute atomic E-state index is 0.0238. The van der Waals surface area contributed by atoms with Gasteiger partial charge in [-0.3, -0.25) is 9.48 Å². The smallest absolute Gasteiger partial charge is 0.314 e. The standard InChI is InChI=1S/C19H18F2N6O4S/c1-26-9-13(17(28)22-7-10-2-3-10)16(25-26)27-8-12-5-4-11(6-14(12)32(27,29)30)18-23-24-19(31-18)15(20)21/h4-6,9-10,15H,2-3,7-8H2,1H3,(H,22,28). The predicted molar refractivity (Wildman–Crippen MR) is 106 cm³/mol. The van der Waals surface area contributed by atoms with Crippen molar-refractivity contribution < 1.29 is 26.4 Å². The van der Waals surface area contributed by atoms with Gasteiger partial charge in [-0.15, -0.1) is 10.2 Å². The summed E-state index contributed by atoms with van der Waals surface area (Å²) in [5.41, 5.74) is 0.817. The van der Waals surface area contributed by atoms with Crippen molar-refractivity contribution >= 4 is 21.7 Å². The first-order chi connectivity index (χ1) is 15.2. The number of aryl methyl sites for hydroxylation is 1. The Balaban J connectivity index is 1.47. The number of amides is 1. The number of carbonyl (C=O) groups excluding carboxylic acids is 1. The van der Waals surface area contributed by atoms with E-state index in [0.29, 0.717) is 18.0 Å². The number of hydrogen-bond acceptors (Lipinski definition) is 7. The van der Waals surface area contributed by atoms with Gasteiger partial charge in [0.25, 0.3) is 21.8 Å². The fourth-order valence-electron chi connectivity index (χ4n) is 3.52. The second-order valence-corrected chi connectivity index (χ2v) is 9.60. The molecule has 5 rings (SSSR count). The molecule has 1 aromatic carbocycles. The van der Waals surface area contributed by atoms with Crippen molar-refractivity contribution in [2.75, 3.05) is 10.8 Å². The van der Waals surface area contributed by atoms with Gasteiger partial charge in [-0.1, -0.05) is 6.07 Å². The van der Waals surface area contributed by atoms with Gasteiger partial charge >= 0.3 is 6.43 Å². The molecule has 0 atom stereocenters. The minimum atomic E-state index is -4.06. The highest BCUT2D eigenvalue weighted by Crippen LogP contribution is 2.38. The number of hydrogen-bond donors (Lipinski definition) is 1. The Hall–Kier alpha value is -3.35. The summed E-state index contributed by atoms with van der Waals surface area (Å²) in [6.45, 7) is 0.512. The number of carbonyl (C=O) groups is 1. The van der Waals surface area contributed by atoms with Gasteiger partial charge in [0.05, 0.1) is 11.4 Å². The van der Waals surface area contributed by atoms with E-state index >= 15 is 0 Å². The van der Waals surface area contributed by atoms with Crippen molar-refractivity contribution in [2.24, 2.45) is 13.0 Å². The molecule has 1 aliphatic carbocycles. The van der Waals surface area contributed by atoms with Crippen molar-refractivity contribution in [3.63, 3.8) is 0 Å². The van der Waals surface area contributed by atoms with Gasteiger partial charge in [0.2, 0.25) is 5.89 Å². The Bertz CT molecular complexity index is 1320. The summed E-state index contributed by atoms with van der Waals surface area (Å²) in [6, 6.07) is 4.36. The predicted octanol–water partition coefficient (Wildman–Crippen LogP) is 2.26. The van der Waals surface area contributed by atoms with Crippen molar-refractivity contribution in [1.29, 1.82) is 0 Å². The van der Waals surface area contributed by atoms with Crippen LogP contribution in [0, 0.1) is 5.92 Å². The molecule has 0 radical (unpaired) electrons. The first-order valence-electron chi connectivity index (χ1n) is 9.83. The number of nitrogens with one attached hydrogen (secondary N) is 1. The Morgan fingerprint density at radius 2 is 2.09 bits per heavy atom. The molecule has 2 aliphatic rings. The molecule has 1 aliphatic heterocycles. The summed E-state index contributed by atoms with van der Waals surface area (Å²) in [7, 11) is -2.46. The molecule has 10 nitrogen and oxygen atoms in total. The van der Waals surface area contributed by atoms with Gasteiger partial charge in [0.1, 0.15) is 5.56 Å². The van der Waals surface area contributed by atoms with Gasteiger partial charge in [-0.25, -0.2) is 12.7 Å². The third-order valence-corrected chi connectivity index (χ3v) is 7.18. The Kier molecular flexibility index (Phi) is 4.73. The molecule has 0 bridgehead atoms. The van der Waals surface area contributed by atoms with Crippen LogP contribution in [0.15, 0.2) is 33.7 Å². The lowest BCUT2D eigenvalue weighted by Gasteiger charge is -2.15. The lowest BCUT2D eigenvalue weighted by Crippen LogP contribution is -2.30. The highest BCUT2D eigenvalue weighted by Gasteiger charge is 2.39. The van der Waals surface area contributed by atoms with E-state index < -0.39 is 28.2 Å². The van der Waals surface area contributed by atoms with E-state index in [1.165, 1.54) is 23.0 Å². The Morgan fingerprint density at radius 1 is 1.31 bits per heavy atom. The van der Waals surface area contributed by atoms with Gasteiger partial charge in [-0.05, 0) is 36.5 Å². The summed E-state index contributed by atoms with van der Waals surface area (Å²) in [6.07, 6.45) is 0.679. The number of halogens is 2. The SMILES string of the molecule is Cn1cc(C(=O)NCC2CC2)c(N2Cc3ccc(-c4nnc(C(F)F)o4)cc3S2(=O)=O)n1. The summed E-state index contributed by atoms with van der Waals surface area (Å²) in [4.78, 5) is 12.6. The monoisotopic (exact) mass is 464 g/mol. The molecule has 168 valence electrons. The van der Waals surface area contributed by atoms with Crippen molar-refractivity contribution in [3.8, 4) is 11.5 Å². The number of alkyl halides is 2. The molecule has 1 fully saturated rings. The number of rotatable bonds is 6. The van der Waals surface area contributed by atoms with Crippen LogP contribution in [0.5, 0.6) is 0 Å². The van der Waals surface area contributed by atoms with Crippen molar-refractivity contribution in [1.82, 2.24) is 25.3 Å². The number of benzene rings is 1. The molecule has 0 unspecified atom stereocenters. The van der Waals surface area contributed by atoms with Gasteiger partial charge < -0.3 is 9.73 Å². The highest BCUT2D eigenvalue weighted by molar-refractivity contribution is 7.93. The lowest BCUT2D eigenvalue weighted by atomic mass is 10.1. The largest absolute Gasteiger partial charge is 0.415 e. The molecule has 3 heterocycles. The molecular formula is C19H18F2N6O4S. The lowest BCUT2D eigenvalue weighted by molar-refractivity contribution is 0.0952. The number of aromatic nitrogens is 4. The second-order valence-electron chi connectivity index (χ2n) is 7.77. The second kappa shape index (κ2) is 7.36. The molecular weight excluding hydrogens is 446 g/mol. The number of sulfonamides is 1. The summed E-state index contributed by atoms with van der Waals surface area (Å²) < 4.78 is 59.5. The average Bonchev–Trinajstić information content (AvgIpc) is 3.18. The quantitative estimate of drug-likeness (QED) is 0.594. The summed E-state index contributed by atoms with van der Waals surface area (Å²) >= 11 is 0. The molecule has 1 amide bonds. The molecule has 32 heavy (non-hydrogen) atoms. The average molecular weight is 464 g/mol. The molecule has 3 aromatic rings. The zero-order chi connectivity index (χ0) is 22.6. The molecule has 1 saturated carbocycles. The number of nitrogens with zero attached hydrogens (tertiary/aromatic N) is 5. The van der Waals surface area contributed by atoms with E-state index in [9.17, 15) is 22.0 Å². The van der Waals surface area contributed by atoms with Crippen LogP contribution in [-0.4, -0.2) is 40.8 Å². The van der Waals surface area contributed by atoms with Crippen LogP contribution in [0.25, 0.3) is 11.5 Å². The van der Waals surface area contributed by atoms with Crippen LogP contribution in [-0.2, 0) is 23.6 Å². The zero-order valence-corrected chi connectivity index (χ0v) is 17.6. The van der Waals surface area contributed by atoms with E-state index in [2.05, 4.69) is 20.6 Å². The van der Waals surface area contributed by atoms with Crippen LogP contribution < -0.4 is 9.62 Å². The first-order valence-corrected chi connectivity index (χ1v) is 11.3. The molecule has 0 saturated heterocycles. The Morgan fingerprint density at radius 3 is 2.78 bits per heavy atom. The highest BCUT2D eigenvalue weighted by atomic mass is 32.2. The zero-order valence-electron chi connectivity index (χ0n) is 16.8. The fourth-order valence-corrected chi connectivity index (χ4v) is 5.17. The normalized spacial score (nSPS) is 17.1. The van der Waals surface area contributed by atoms with Crippen LogP contribution >= 0.6 is 0 Å². The Labute approximate surface area is 181 Å². The number of fused-ring (bicyclic) bond motifs is 1. The van der Waals surface area contributed by atoms with Gasteiger partial charge in [0.15, 0.2) is 5.82 Å². The maximum Gasteiger partial charge on any atom is 0.314 e. The fraction of sp³-hybridized carbons (Fsp3) is 0.368. The van der Waals surface area contributed by atoms with E-state index in [0.717, 1.165) is 17.1 Å². The third kappa shape index (κ3) is 3.51. The summed E-state index contributed by atoms with van der Waals surface area (Å²) in [5.74, 6) is -0.962. The van der Waals surface area contributed by atoms with E-state index in [-0.39, 0.29) is 34.3 Å². The maximum absolute atomic E-state index is 13.3. The third-order valence-electron chi connectivity index (χ3n) is 5.36. The van der Waals surface area contributed by atoms with Gasteiger partial charge in [-0.2, -0.15) is 13.9 Å². The van der Waals surface area contributed by atoms with Crippen LogP contribution in [0.1, 0.15) is 41.1 Å². The van der Waals surface area contributed by atoms with E-state index in [1.54, 1.807) is 13.1 Å². The number of anilines is 1. The summed E-state index contributed by atoms with van der Waals surface area (Å²) in [5, 5.41) is 13.9. The van der Waals surface area contributed by atoms with Crippen LogP contribution in [0.4, 0.5) is 14.6 Å². The first kappa shape index (κ1) is 20.5. The van der Waals surface area contributed by atoms with Crippen molar-refractivity contribution in [2.45, 2.75) is 30.7 Å². The van der Waals surface area contributed by atoms with Gasteiger partial charge in [0, 0.05) is 25.4 Å². The van der Waals surface area contributed by atoms with Crippen LogP contribution in [0.3, 0.4) is 0 Å². The molecule has 2 aromatic heterocycles. The van der Waals surface area contributed by atoms with Crippen molar-refractivity contribution in [3.05, 3.63) is 41.4 Å². The minimum Gasteiger partial charge on any atom is -0.415 e.